The average molecular weight is 313 g/mol. The number of hydrogen-bond acceptors (Lipinski definition) is 1. The number of nitrogens with one attached hydrogen (secondary N) is 1. The van der Waals surface area contributed by atoms with Gasteiger partial charge in [-0.25, -0.2) is 4.79 Å². The summed E-state index contributed by atoms with van der Waals surface area (Å²) in [6.45, 7) is 9.11. The molecule has 0 saturated carbocycles. The SMILES string of the molecule is CCCCCCCCNC(=O)N(CC)CCCCCCCC. The minimum Gasteiger partial charge on any atom is -0.338 e. The fourth-order valence-corrected chi connectivity index (χ4v) is 2.70. The molecule has 0 aromatic rings. The quantitative estimate of drug-likeness (QED) is 0.384. The Labute approximate surface area is 139 Å². The number of hydrogen-bond donors (Lipinski definition) is 1. The highest BCUT2D eigenvalue weighted by Gasteiger charge is 2.09. The molecule has 3 heteroatoms. The lowest BCUT2D eigenvalue weighted by atomic mass is 10.1. The average Bonchev–Trinajstić information content (AvgIpc) is 2.53. The normalized spacial score (nSPS) is 10.7. The third-order valence-corrected chi connectivity index (χ3v) is 4.26. The maximum absolute atomic E-state index is 12.1. The van der Waals surface area contributed by atoms with Gasteiger partial charge >= 0.3 is 6.03 Å². The largest absolute Gasteiger partial charge is 0.338 e. The first-order chi connectivity index (χ1) is 10.8. The van der Waals surface area contributed by atoms with E-state index in [-0.39, 0.29) is 6.03 Å². The Bertz CT molecular complexity index is 244. The molecule has 0 heterocycles. The van der Waals surface area contributed by atoms with Crippen LogP contribution in [0.2, 0.25) is 0 Å². The van der Waals surface area contributed by atoms with E-state index < -0.39 is 0 Å². The van der Waals surface area contributed by atoms with Crippen molar-refractivity contribution in [3.05, 3.63) is 0 Å². The van der Waals surface area contributed by atoms with Gasteiger partial charge in [0.05, 0.1) is 0 Å². The summed E-state index contributed by atoms with van der Waals surface area (Å²) in [7, 11) is 0. The molecule has 0 aliphatic carbocycles. The third-order valence-electron chi connectivity index (χ3n) is 4.26. The fourth-order valence-electron chi connectivity index (χ4n) is 2.70. The number of rotatable bonds is 15. The van der Waals surface area contributed by atoms with Gasteiger partial charge in [0.1, 0.15) is 0 Å². The Morgan fingerprint density at radius 2 is 1.23 bits per heavy atom. The van der Waals surface area contributed by atoms with E-state index in [4.69, 9.17) is 0 Å². The molecule has 3 nitrogen and oxygen atoms in total. The molecule has 0 aromatic carbocycles. The maximum Gasteiger partial charge on any atom is 0.317 e. The highest BCUT2D eigenvalue weighted by Crippen LogP contribution is 2.06. The number of carbonyl (C=O) groups excluding carboxylic acids is 1. The molecule has 0 aliphatic heterocycles. The lowest BCUT2D eigenvalue weighted by molar-refractivity contribution is 0.199. The van der Waals surface area contributed by atoms with Crippen LogP contribution in [0.5, 0.6) is 0 Å². The fraction of sp³-hybridized carbons (Fsp3) is 0.947. The van der Waals surface area contributed by atoms with Gasteiger partial charge in [0, 0.05) is 19.6 Å². The second-order valence-corrected chi connectivity index (χ2v) is 6.35. The molecule has 0 aromatic heterocycles. The van der Waals surface area contributed by atoms with E-state index in [0.717, 1.165) is 32.5 Å². The lowest BCUT2D eigenvalue weighted by Gasteiger charge is -2.21. The maximum atomic E-state index is 12.1. The van der Waals surface area contributed by atoms with Crippen molar-refractivity contribution >= 4 is 6.03 Å². The number of amides is 2. The van der Waals surface area contributed by atoms with Crippen molar-refractivity contribution in [1.82, 2.24) is 10.2 Å². The van der Waals surface area contributed by atoms with Crippen molar-refractivity contribution in [2.75, 3.05) is 19.6 Å². The van der Waals surface area contributed by atoms with E-state index >= 15 is 0 Å². The Balaban J connectivity index is 3.55. The Morgan fingerprint density at radius 3 is 1.77 bits per heavy atom. The van der Waals surface area contributed by atoms with Gasteiger partial charge in [-0.3, -0.25) is 0 Å². The van der Waals surface area contributed by atoms with Crippen molar-refractivity contribution in [1.29, 1.82) is 0 Å². The van der Waals surface area contributed by atoms with E-state index in [9.17, 15) is 4.79 Å². The molecule has 0 rings (SSSR count). The molecule has 132 valence electrons. The standard InChI is InChI=1S/C19H40N2O/c1-4-7-9-11-13-15-17-20-19(22)21(6-3)18-16-14-12-10-8-5-2/h4-18H2,1-3H3,(H,20,22). The molecule has 0 radical (unpaired) electrons. The summed E-state index contributed by atoms with van der Waals surface area (Å²) < 4.78 is 0. The molecule has 0 saturated heterocycles. The summed E-state index contributed by atoms with van der Waals surface area (Å²) in [5.41, 5.74) is 0. The Kier molecular flexibility index (Phi) is 16.1. The molecule has 22 heavy (non-hydrogen) atoms. The minimum atomic E-state index is 0.129. The first-order valence-electron chi connectivity index (χ1n) is 9.79. The molecule has 0 fully saturated rings. The number of nitrogens with zero attached hydrogens (tertiary/aromatic N) is 1. The summed E-state index contributed by atoms with van der Waals surface area (Å²) in [5.74, 6) is 0. The van der Waals surface area contributed by atoms with Crippen LogP contribution in [0, 0.1) is 0 Å². The molecule has 0 unspecified atom stereocenters. The summed E-state index contributed by atoms with van der Waals surface area (Å²) in [5, 5.41) is 3.07. The van der Waals surface area contributed by atoms with Gasteiger partial charge in [0.25, 0.3) is 0 Å². The number of unbranched alkanes of at least 4 members (excludes halogenated alkanes) is 10. The van der Waals surface area contributed by atoms with Gasteiger partial charge in [0.2, 0.25) is 0 Å². The van der Waals surface area contributed by atoms with Gasteiger partial charge in [-0.1, -0.05) is 78.1 Å². The van der Waals surface area contributed by atoms with Crippen LogP contribution >= 0.6 is 0 Å². The van der Waals surface area contributed by atoms with Crippen LogP contribution in [0.1, 0.15) is 97.8 Å². The zero-order chi connectivity index (χ0) is 16.5. The highest BCUT2D eigenvalue weighted by molar-refractivity contribution is 5.74. The molecule has 0 bridgehead atoms. The summed E-state index contributed by atoms with van der Waals surface area (Å²) in [6, 6.07) is 0.129. The van der Waals surface area contributed by atoms with Crippen molar-refractivity contribution in [2.24, 2.45) is 0 Å². The van der Waals surface area contributed by atoms with Crippen LogP contribution < -0.4 is 5.32 Å². The molecular weight excluding hydrogens is 272 g/mol. The predicted octanol–water partition coefficient (Wildman–Crippen LogP) is 5.74. The van der Waals surface area contributed by atoms with E-state index in [0.29, 0.717) is 0 Å². The van der Waals surface area contributed by atoms with Crippen LogP contribution in [0.4, 0.5) is 4.79 Å². The molecule has 0 atom stereocenters. The molecule has 0 aliphatic rings. The topological polar surface area (TPSA) is 32.3 Å². The van der Waals surface area contributed by atoms with Crippen LogP contribution in [0.15, 0.2) is 0 Å². The Morgan fingerprint density at radius 1 is 0.727 bits per heavy atom. The smallest absolute Gasteiger partial charge is 0.317 e. The zero-order valence-electron chi connectivity index (χ0n) is 15.5. The molecule has 2 amide bonds. The zero-order valence-corrected chi connectivity index (χ0v) is 15.5. The van der Waals surface area contributed by atoms with E-state index in [2.05, 4.69) is 26.1 Å². The molecular formula is C19H40N2O. The monoisotopic (exact) mass is 312 g/mol. The highest BCUT2D eigenvalue weighted by atomic mass is 16.2. The second-order valence-electron chi connectivity index (χ2n) is 6.35. The minimum absolute atomic E-state index is 0.129. The second kappa shape index (κ2) is 16.6. The predicted molar refractivity (Wildman–Crippen MR) is 97.4 cm³/mol. The Hall–Kier alpha value is -0.730. The van der Waals surface area contributed by atoms with Crippen LogP contribution in [0.3, 0.4) is 0 Å². The number of urea groups is 1. The first kappa shape index (κ1) is 21.3. The van der Waals surface area contributed by atoms with Gasteiger partial charge in [-0.05, 0) is 19.8 Å². The van der Waals surface area contributed by atoms with Crippen molar-refractivity contribution in [2.45, 2.75) is 97.8 Å². The van der Waals surface area contributed by atoms with E-state index in [1.165, 1.54) is 64.2 Å². The summed E-state index contributed by atoms with van der Waals surface area (Å²) in [6.07, 6.45) is 15.3. The number of carbonyl (C=O) groups is 1. The molecule has 1 N–H and O–H groups in total. The van der Waals surface area contributed by atoms with E-state index in [1.807, 2.05) is 4.90 Å². The van der Waals surface area contributed by atoms with Crippen LogP contribution in [-0.2, 0) is 0 Å². The van der Waals surface area contributed by atoms with Crippen molar-refractivity contribution in [3.63, 3.8) is 0 Å². The summed E-state index contributed by atoms with van der Waals surface area (Å²) >= 11 is 0. The van der Waals surface area contributed by atoms with Gasteiger partial charge in [0.15, 0.2) is 0 Å². The van der Waals surface area contributed by atoms with E-state index in [1.54, 1.807) is 0 Å². The molecule has 0 spiro atoms. The van der Waals surface area contributed by atoms with Crippen LogP contribution in [0.25, 0.3) is 0 Å². The third kappa shape index (κ3) is 13.0. The van der Waals surface area contributed by atoms with Gasteiger partial charge in [-0.15, -0.1) is 0 Å². The van der Waals surface area contributed by atoms with Gasteiger partial charge < -0.3 is 10.2 Å². The first-order valence-corrected chi connectivity index (χ1v) is 9.79. The van der Waals surface area contributed by atoms with Crippen molar-refractivity contribution < 1.29 is 4.79 Å². The van der Waals surface area contributed by atoms with Crippen LogP contribution in [-0.4, -0.2) is 30.6 Å². The summed E-state index contributed by atoms with van der Waals surface area (Å²) in [4.78, 5) is 14.0. The van der Waals surface area contributed by atoms with Crippen molar-refractivity contribution in [3.8, 4) is 0 Å². The lowest BCUT2D eigenvalue weighted by Crippen LogP contribution is -2.40. The van der Waals surface area contributed by atoms with Gasteiger partial charge in [-0.2, -0.15) is 0 Å².